The van der Waals surface area contributed by atoms with E-state index in [0.717, 1.165) is 29.7 Å². The Labute approximate surface area is 129 Å². The lowest BCUT2D eigenvalue weighted by Crippen LogP contribution is -2.34. The summed E-state index contributed by atoms with van der Waals surface area (Å²) in [7, 11) is 0. The molecule has 1 aromatic rings. The van der Waals surface area contributed by atoms with Crippen molar-refractivity contribution in [2.75, 3.05) is 0 Å². The molecule has 0 aromatic heterocycles. The molecule has 3 rings (SSSR count). The van der Waals surface area contributed by atoms with Gasteiger partial charge in [0, 0.05) is 29.3 Å². The number of hydrogen-bond acceptors (Lipinski definition) is 3. The van der Waals surface area contributed by atoms with Crippen molar-refractivity contribution >= 4 is 11.8 Å². The van der Waals surface area contributed by atoms with Crippen LogP contribution < -0.4 is 5.32 Å². The van der Waals surface area contributed by atoms with E-state index >= 15 is 0 Å². The smallest absolute Gasteiger partial charge is 0.334 e. The second-order valence-electron chi connectivity index (χ2n) is 5.93. The summed E-state index contributed by atoms with van der Waals surface area (Å²) in [4.78, 5) is 24.3. The van der Waals surface area contributed by atoms with Crippen LogP contribution >= 0.6 is 0 Å². The van der Waals surface area contributed by atoms with Crippen LogP contribution in [0.5, 0.6) is 0 Å². The Kier molecular flexibility index (Phi) is 3.61. The zero-order valence-electron chi connectivity index (χ0n) is 12.8. The molecule has 0 radical (unpaired) electrons. The first-order valence-electron chi connectivity index (χ1n) is 7.53. The number of carboxylic acid groups (broad SMARTS) is 1. The Morgan fingerprint density at radius 1 is 1.23 bits per heavy atom. The Hall–Kier alpha value is -2.36. The summed E-state index contributed by atoms with van der Waals surface area (Å²) >= 11 is 0. The van der Waals surface area contributed by atoms with Crippen molar-refractivity contribution in [3.63, 3.8) is 0 Å². The molecule has 0 fully saturated rings. The molecule has 1 atom stereocenters. The molecule has 0 bridgehead atoms. The number of carbonyl (C=O) groups excluding carboxylic acids is 1. The lowest BCUT2D eigenvalue weighted by atomic mass is 9.74. The summed E-state index contributed by atoms with van der Waals surface area (Å²) in [6.07, 6.45) is 2.11. The molecule has 0 saturated heterocycles. The Balaban J connectivity index is 2.24. The Bertz CT molecular complexity index is 728. The van der Waals surface area contributed by atoms with Gasteiger partial charge in [-0.3, -0.25) is 4.79 Å². The highest BCUT2D eigenvalue weighted by atomic mass is 16.4. The second kappa shape index (κ2) is 5.44. The van der Waals surface area contributed by atoms with Crippen molar-refractivity contribution in [1.29, 1.82) is 0 Å². The first-order valence-corrected chi connectivity index (χ1v) is 7.53. The number of ketones is 1. The quantitative estimate of drug-likeness (QED) is 0.880. The van der Waals surface area contributed by atoms with Crippen LogP contribution in [0.1, 0.15) is 43.2 Å². The third-order valence-corrected chi connectivity index (χ3v) is 4.51. The predicted octanol–water partition coefficient (Wildman–Crippen LogP) is 3.05. The zero-order chi connectivity index (χ0) is 15.9. The molecule has 0 saturated carbocycles. The van der Waals surface area contributed by atoms with Crippen LogP contribution in [0.15, 0.2) is 46.8 Å². The number of rotatable bonds is 2. The van der Waals surface area contributed by atoms with Gasteiger partial charge in [-0.1, -0.05) is 24.3 Å². The third-order valence-electron chi connectivity index (χ3n) is 4.51. The highest BCUT2D eigenvalue weighted by molar-refractivity contribution is 6.03. The van der Waals surface area contributed by atoms with Crippen molar-refractivity contribution in [2.24, 2.45) is 0 Å². The van der Waals surface area contributed by atoms with Gasteiger partial charge in [-0.05, 0) is 37.8 Å². The molecule has 4 heteroatoms. The number of nitrogens with one attached hydrogen (secondary N) is 1. The minimum Gasteiger partial charge on any atom is -0.478 e. The molecule has 4 nitrogen and oxygen atoms in total. The molecule has 1 aliphatic heterocycles. The predicted molar refractivity (Wildman–Crippen MR) is 83.3 cm³/mol. The third kappa shape index (κ3) is 2.25. The monoisotopic (exact) mass is 297 g/mol. The molecule has 22 heavy (non-hydrogen) atoms. The molecule has 2 N–H and O–H groups in total. The summed E-state index contributed by atoms with van der Waals surface area (Å²) in [5.74, 6) is -1.38. The van der Waals surface area contributed by atoms with E-state index in [9.17, 15) is 14.7 Å². The maximum absolute atomic E-state index is 12.5. The SMILES string of the molecule is CC1=C(C(=O)O)C(c2ccccc2C)C2=C(CCCC2=O)N1. The number of hydrogen-bond donors (Lipinski definition) is 2. The van der Waals surface area contributed by atoms with Crippen molar-refractivity contribution < 1.29 is 14.7 Å². The minimum atomic E-state index is -0.969. The number of dihydropyridines is 1. The lowest BCUT2D eigenvalue weighted by molar-refractivity contribution is -0.133. The normalized spacial score (nSPS) is 21.5. The van der Waals surface area contributed by atoms with Crippen LogP contribution in [0, 0.1) is 6.92 Å². The van der Waals surface area contributed by atoms with Gasteiger partial charge in [0.2, 0.25) is 0 Å². The molecule has 1 aromatic carbocycles. The van der Waals surface area contributed by atoms with Crippen LogP contribution in [0.25, 0.3) is 0 Å². The summed E-state index contributed by atoms with van der Waals surface area (Å²) in [6, 6.07) is 7.70. The first kappa shape index (κ1) is 14.6. The fourth-order valence-corrected chi connectivity index (χ4v) is 3.49. The number of benzene rings is 1. The van der Waals surface area contributed by atoms with Gasteiger partial charge in [-0.2, -0.15) is 0 Å². The van der Waals surface area contributed by atoms with Crippen molar-refractivity contribution in [1.82, 2.24) is 5.32 Å². The van der Waals surface area contributed by atoms with E-state index in [1.807, 2.05) is 31.2 Å². The van der Waals surface area contributed by atoms with Gasteiger partial charge >= 0.3 is 5.97 Å². The Morgan fingerprint density at radius 3 is 2.64 bits per heavy atom. The summed E-state index contributed by atoms with van der Waals surface area (Å²) in [6.45, 7) is 3.73. The molecular formula is C18H19NO3. The van der Waals surface area contributed by atoms with E-state index in [2.05, 4.69) is 5.32 Å². The summed E-state index contributed by atoms with van der Waals surface area (Å²) in [5, 5.41) is 12.8. The van der Waals surface area contributed by atoms with Crippen molar-refractivity contribution in [2.45, 2.75) is 39.0 Å². The van der Waals surface area contributed by atoms with E-state index in [-0.39, 0.29) is 11.4 Å². The maximum Gasteiger partial charge on any atom is 0.334 e. The van der Waals surface area contributed by atoms with E-state index < -0.39 is 11.9 Å². The molecular weight excluding hydrogens is 278 g/mol. The molecule has 1 heterocycles. The van der Waals surface area contributed by atoms with Gasteiger partial charge in [0.15, 0.2) is 5.78 Å². The van der Waals surface area contributed by atoms with Crippen LogP contribution in [0.3, 0.4) is 0 Å². The molecule has 2 aliphatic rings. The second-order valence-corrected chi connectivity index (χ2v) is 5.93. The summed E-state index contributed by atoms with van der Waals surface area (Å²) in [5.41, 5.74) is 4.36. The topological polar surface area (TPSA) is 66.4 Å². The van der Waals surface area contributed by atoms with Crippen LogP contribution in [0.4, 0.5) is 0 Å². The number of aliphatic carboxylic acids is 1. The Morgan fingerprint density at radius 2 is 1.95 bits per heavy atom. The molecule has 1 unspecified atom stereocenters. The molecule has 114 valence electrons. The molecule has 1 aliphatic carbocycles. The number of allylic oxidation sites excluding steroid dienone is 3. The molecule has 0 spiro atoms. The largest absolute Gasteiger partial charge is 0.478 e. The zero-order valence-corrected chi connectivity index (χ0v) is 12.8. The van der Waals surface area contributed by atoms with E-state index in [1.165, 1.54) is 0 Å². The van der Waals surface area contributed by atoms with Gasteiger partial charge in [-0.25, -0.2) is 4.79 Å². The van der Waals surface area contributed by atoms with Gasteiger partial charge in [-0.15, -0.1) is 0 Å². The van der Waals surface area contributed by atoms with Gasteiger partial charge < -0.3 is 10.4 Å². The highest BCUT2D eigenvalue weighted by Gasteiger charge is 2.38. The van der Waals surface area contributed by atoms with Gasteiger partial charge in [0.25, 0.3) is 0 Å². The highest BCUT2D eigenvalue weighted by Crippen LogP contribution is 2.42. The van der Waals surface area contributed by atoms with Gasteiger partial charge in [0.05, 0.1) is 5.57 Å². The lowest BCUT2D eigenvalue weighted by Gasteiger charge is -2.34. The first-order chi connectivity index (χ1) is 10.5. The fourth-order valence-electron chi connectivity index (χ4n) is 3.49. The van der Waals surface area contributed by atoms with Crippen LogP contribution in [-0.4, -0.2) is 16.9 Å². The average Bonchev–Trinajstić information content (AvgIpc) is 2.46. The number of aryl methyl sites for hydroxylation is 1. The number of Topliss-reactive ketones (excluding diaryl/α,β-unsaturated/α-hetero) is 1. The standard InChI is InChI=1S/C18H19NO3/c1-10-6-3-4-7-12(10)16-15(18(21)22)11(2)19-13-8-5-9-14(20)17(13)16/h3-4,6-7,16,19H,5,8-9H2,1-2H3,(H,21,22). The van der Waals surface area contributed by atoms with E-state index in [0.29, 0.717) is 17.7 Å². The fraction of sp³-hybridized carbons (Fsp3) is 0.333. The van der Waals surface area contributed by atoms with Crippen molar-refractivity contribution in [3.05, 3.63) is 57.9 Å². The van der Waals surface area contributed by atoms with E-state index in [1.54, 1.807) is 6.92 Å². The average molecular weight is 297 g/mol. The number of carbonyl (C=O) groups is 2. The van der Waals surface area contributed by atoms with Crippen LogP contribution in [0.2, 0.25) is 0 Å². The van der Waals surface area contributed by atoms with Crippen molar-refractivity contribution in [3.8, 4) is 0 Å². The summed E-state index contributed by atoms with van der Waals surface area (Å²) < 4.78 is 0. The minimum absolute atomic E-state index is 0.0632. The molecule has 0 amide bonds. The maximum atomic E-state index is 12.5. The van der Waals surface area contributed by atoms with E-state index in [4.69, 9.17) is 0 Å². The van der Waals surface area contributed by atoms with Gasteiger partial charge in [0.1, 0.15) is 0 Å². The van der Waals surface area contributed by atoms with Crippen LogP contribution in [-0.2, 0) is 9.59 Å². The number of carboxylic acids is 1.